The van der Waals surface area contributed by atoms with Crippen LogP contribution in [-0.2, 0) is 4.79 Å². The monoisotopic (exact) mass is 364 g/mol. The van der Waals surface area contributed by atoms with E-state index in [1.807, 2.05) is 0 Å². The highest BCUT2D eigenvalue weighted by Gasteiger charge is 2.17. The molecule has 0 bridgehead atoms. The van der Waals surface area contributed by atoms with E-state index in [9.17, 15) is 14.0 Å². The van der Waals surface area contributed by atoms with Crippen LogP contribution in [0.4, 0.5) is 15.8 Å². The summed E-state index contributed by atoms with van der Waals surface area (Å²) in [6, 6.07) is 8.99. The van der Waals surface area contributed by atoms with Gasteiger partial charge in [0.05, 0.1) is 11.3 Å². The number of fused-ring (bicyclic) bond motifs is 1. The molecule has 2 aromatic rings. The first-order valence-electron chi connectivity index (χ1n) is 6.36. The second-order valence-electron chi connectivity index (χ2n) is 4.63. The van der Waals surface area contributed by atoms with E-state index in [1.165, 1.54) is 12.1 Å². The smallest absolute Gasteiger partial charge is 0.262 e. The Balaban J connectivity index is 1.82. The Morgan fingerprint density at radius 1 is 1.27 bits per heavy atom. The second kappa shape index (κ2) is 5.76. The first-order chi connectivity index (χ1) is 10.5. The molecule has 7 heteroatoms. The molecule has 0 spiro atoms. The highest BCUT2D eigenvalue weighted by molar-refractivity contribution is 9.10. The van der Waals surface area contributed by atoms with Gasteiger partial charge < -0.3 is 15.4 Å². The Kier molecular flexibility index (Phi) is 3.81. The average Bonchev–Trinajstić information content (AvgIpc) is 2.46. The van der Waals surface area contributed by atoms with Crippen molar-refractivity contribution in [1.82, 2.24) is 0 Å². The normalized spacial score (nSPS) is 12.9. The van der Waals surface area contributed by atoms with Gasteiger partial charge in [-0.05, 0) is 36.4 Å². The minimum atomic E-state index is -0.624. The molecular weight excluding hydrogens is 355 g/mol. The van der Waals surface area contributed by atoms with Gasteiger partial charge in [0.1, 0.15) is 11.6 Å². The summed E-state index contributed by atoms with van der Waals surface area (Å²) < 4.78 is 19.5. The fourth-order valence-corrected chi connectivity index (χ4v) is 2.37. The van der Waals surface area contributed by atoms with E-state index in [0.29, 0.717) is 21.6 Å². The van der Waals surface area contributed by atoms with Crippen LogP contribution in [0.1, 0.15) is 10.4 Å². The van der Waals surface area contributed by atoms with Gasteiger partial charge in [-0.15, -0.1) is 0 Å². The molecule has 0 saturated carbocycles. The van der Waals surface area contributed by atoms with Crippen LogP contribution in [0, 0.1) is 5.82 Å². The number of hydrogen-bond acceptors (Lipinski definition) is 3. The summed E-state index contributed by atoms with van der Waals surface area (Å²) in [6.07, 6.45) is 0. The molecule has 0 radical (unpaired) electrons. The predicted octanol–water partition coefficient (Wildman–Crippen LogP) is 3.17. The number of amides is 2. The number of carbonyl (C=O) groups is 2. The maximum absolute atomic E-state index is 13.8. The molecule has 22 heavy (non-hydrogen) atoms. The molecule has 0 aliphatic carbocycles. The van der Waals surface area contributed by atoms with Crippen LogP contribution in [-0.4, -0.2) is 18.4 Å². The van der Waals surface area contributed by atoms with E-state index < -0.39 is 11.7 Å². The Morgan fingerprint density at radius 2 is 2.09 bits per heavy atom. The topological polar surface area (TPSA) is 67.4 Å². The van der Waals surface area contributed by atoms with E-state index >= 15 is 0 Å². The fraction of sp³-hybridized carbons (Fsp3) is 0.0667. The Bertz CT molecular complexity index is 779. The maximum atomic E-state index is 13.8. The van der Waals surface area contributed by atoms with Gasteiger partial charge in [-0.3, -0.25) is 9.59 Å². The van der Waals surface area contributed by atoms with Crippen LogP contribution in [0.3, 0.4) is 0 Å². The lowest BCUT2D eigenvalue weighted by Crippen LogP contribution is -2.25. The lowest BCUT2D eigenvalue weighted by molar-refractivity contribution is -0.118. The molecule has 1 heterocycles. The van der Waals surface area contributed by atoms with Crippen molar-refractivity contribution in [2.75, 3.05) is 17.2 Å². The van der Waals surface area contributed by atoms with Gasteiger partial charge in [0.25, 0.3) is 11.8 Å². The van der Waals surface area contributed by atoms with Crippen molar-refractivity contribution in [2.24, 2.45) is 0 Å². The van der Waals surface area contributed by atoms with Crippen LogP contribution in [0.15, 0.2) is 40.9 Å². The minimum absolute atomic E-state index is 0.0389. The van der Waals surface area contributed by atoms with Gasteiger partial charge in [0.2, 0.25) is 0 Å². The molecule has 0 aromatic heterocycles. The van der Waals surface area contributed by atoms with Crippen molar-refractivity contribution in [3.63, 3.8) is 0 Å². The number of benzene rings is 2. The third-order valence-corrected chi connectivity index (χ3v) is 3.54. The third-order valence-electron chi connectivity index (χ3n) is 3.05. The number of nitrogens with one attached hydrogen (secondary N) is 2. The summed E-state index contributed by atoms with van der Waals surface area (Å²) in [4.78, 5) is 23.4. The van der Waals surface area contributed by atoms with Gasteiger partial charge in [0.15, 0.2) is 6.61 Å². The molecule has 2 aromatic carbocycles. The van der Waals surface area contributed by atoms with Crippen LogP contribution in [0.25, 0.3) is 0 Å². The van der Waals surface area contributed by atoms with Gasteiger partial charge in [-0.25, -0.2) is 4.39 Å². The van der Waals surface area contributed by atoms with E-state index in [2.05, 4.69) is 26.6 Å². The van der Waals surface area contributed by atoms with Gasteiger partial charge in [-0.2, -0.15) is 0 Å². The third kappa shape index (κ3) is 2.94. The summed E-state index contributed by atoms with van der Waals surface area (Å²) in [5.41, 5.74) is 0.823. The fourth-order valence-electron chi connectivity index (χ4n) is 2.03. The first kappa shape index (κ1) is 14.5. The van der Waals surface area contributed by atoms with Crippen molar-refractivity contribution in [2.45, 2.75) is 0 Å². The zero-order valence-corrected chi connectivity index (χ0v) is 12.7. The van der Waals surface area contributed by atoms with Crippen molar-refractivity contribution >= 4 is 39.1 Å². The number of anilines is 2. The highest BCUT2D eigenvalue weighted by Crippen LogP contribution is 2.30. The van der Waals surface area contributed by atoms with E-state index in [-0.39, 0.29) is 18.1 Å². The van der Waals surface area contributed by atoms with Gasteiger partial charge in [-0.1, -0.05) is 15.9 Å². The molecule has 2 amide bonds. The number of ether oxygens (including phenoxy) is 1. The standard InChI is InChI=1S/C15H10BrFN2O3/c16-8-1-3-10(11(17)5-8)15(21)18-9-2-4-13-12(6-9)19-14(20)7-22-13/h1-6H,7H2,(H,18,21)(H,19,20). The summed E-state index contributed by atoms with van der Waals surface area (Å²) in [5, 5.41) is 5.22. The number of rotatable bonds is 2. The number of halogens is 2. The second-order valence-corrected chi connectivity index (χ2v) is 5.54. The summed E-state index contributed by atoms with van der Waals surface area (Å²) in [5.74, 6) is -0.947. The van der Waals surface area contributed by atoms with Gasteiger partial charge >= 0.3 is 0 Å². The summed E-state index contributed by atoms with van der Waals surface area (Å²) in [6.45, 7) is -0.0389. The van der Waals surface area contributed by atoms with Crippen molar-refractivity contribution in [3.8, 4) is 5.75 Å². The van der Waals surface area contributed by atoms with Crippen LogP contribution in [0.2, 0.25) is 0 Å². The maximum Gasteiger partial charge on any atom is 0.262 e. The zero-order valence-electron chi connectivity index (χ0n) is 11.2. The number of carbonyl (C=O) groups excluding carboxylic acids is 2. The molecule has 1 aliphatic rings. The van der Waals surface area contributed by atoms with Gasteiger partial charge in [0, 0.05) is 10.2 Å². The molecule has 112 valence electrons. The molecule has 2 N–H and O–H groups in total. The number of hydrogen-bond donors (Lipinski definition) is 2. The van der Waals surface area contributed by atoms with Crippen molar-refractivity contribution in [1.29, 1.82) is 0 Å². The molecule has 0 unspecified atom stereocenters. The lowest BCUT2D eigenvalue weighted by atomic mass is 10.2. The summed E-state index contributed by atoms with van der Waals surface area (Å²) in [7, 11) is 0. The Morgan fingerprint density at radius 3 is 2.86 bits per heavy atom. The van der Waals surface area contributed by atoms with E-state index in [1.54, 1.807) is 24.3 Å². The largest absolute Gasteiger partial charge is 0.482 e. The molecule has 5 nitrogen and oxygen atoms in total. The quantitative estimate of drug-likeness (QED) is 0.859. The Labute approximate surface area is 133 Å². The molecule has 0 fully saturated rings. The Hall–Kier alpha value is -2.41. The highest BCUT2D eigenvalue weighted by atomic mass is 79.9. The lowest BCUT2D eigenvalue weighted by Gasteiger charge is -2.18. The molecule has 1 aliphatic heterocycles. The van der Waals surface area contributed by atoms with Crippen molar-refractivity contribution < 1.29 is 18.7 Å². The molecular formula is C15H10BrFN2O3. The minimum Gasteiger partial charge on any atom is -0.482 e. The first-order valence-corrected chi connectivity index (χ1v) is 7.15. The summed E-state index contributed by atoms with van der Waals surface area (Å²) >= 11 is 3.13. The molecule has 3 rings (SSSR count). The van der Waals surface area contributed by atoms with E-state index in [4.69, 9.17) is 4.74 Å². The van der Waals surface area contributed by atoms with Crippen molar-refractivity contribution in [3.05, 3.63) is 52.3 Å². The van der Waals surface area contributed by atoms with Crippen LogP contribution >= 0.6 is 15.9 Å². The predicted molar refractivity (Wildman–Crippen MR) is 82.6 cm³/mol. The average molecular weight is 365 g/mol. The molecule has 0 saturated heterocycles. The van der Waals surface area contributed by atoms with Crippen LogP contribution in [0.5, 0.6) is 5.75 Å². The molecule has 0 atom stereocenters. The van der Waals surface area contributed by atoms with E-state index in [0.717, 1.165) is 0 Å². The zero-order chi connectivity index (χ0) is 15.7. The van der Waals surface area contributed by atoms with Crippen LogP contribution < -0.4 is 15.4 Å². The SMILES string of the molecule is O=C1COc2ccc(NC(=O)c3ccc(Br)cc3F)cc2N1.